The van der Waals surface area contributed by atoms with Crippen molar-refractivity contribution in [2.45, 2.75) is 88.4 Å². The van der Waals surface area contributed by atoms with E-state index < -0.39 is 46.8 Å². The van der Waals surface area contributed by atoms with Crippen LogP contribution >= 0.6 is 0 Å². The summed E-state index contributed by atoms with van der Waals surface area (Å²) in [7, 11) is 0. The first-order valence-corrected chi connectivity index (χ1v) is 18.2. The number of nitrogens with zero attached hydrogens (tertiary/aromatic N) is 3. The molecule has 0 bridgehead atoms. The van der Waals surface area contributed by atoms with Crippen molar-refractivity contribution in [1.29, 1.82) is 0 Å². The van der Waals surface area contributed by atoms with Crippen LogP contribution in [0.4, 0.5) is 11.6 Å². The molecule has 0 aliphatic carbocycles. The number of epoxide rings is 1. The van der Waals surface area contributed by atoms with E-state index in [0.29, 0.717) is 42.5 Å². The van der Waals surface area contributed by atoms with Crippen LogP contribution in [0.5, 0.6) is 11.5 Å². The fourth-order valence-electron chi connectivity index (χ4n) is 8.67. The largest absolute Gasteiger partial charge is 0.507 e. The van der Waals surface area contributed by atoms with Gasteiger partial charge < -0.3 is 40.3 Å². The minimum atomic E-state index is -1.24. The molecule has 2 saturated heterocycles. The van der Waals surface area contributed by atoms with Gasteiger partial charge in [0.2, 0.25) is 0 Å². The number of rotatable bonds is 6. The number of nitrogen functional groups attached to an aromatic ring is 2. The number of benzene rings is 1. The summed E-state index contributed by atoms with van der Waals surface area (Å²) in [6, 6.07) is 10.4. The Hall–Kier alpha value is -5.57. The Morgan fingerprint density at radius 3 is 2.69 bits per heavy atom. The lowest BCUT2D eigenvalue weighted by Gasteiger charge is -2.47. The molecule has 54 heavy (non-hydrogen) atoms. The summed E-state index contributed by atoms with van der Waals surface area (Å²) in [4.78, 5) is 41.7. The second-order valence-corrected chi connectivity index (χ2v) is 15.5. The average molecular weight is 734 g/mol. The summed E-state index contributed by atoms with van der Waals surface area (Å²) < 4.78 is 24.3. The Morgan fingerprint density at radius 2 is 1.87 bits per heavy atom. The van der Waals surface area contributed by atoms with E-state index in [9.17, 15) is 19.8 Å². The Balaban J connectivity index is 0.925. The lowest BCUT2D eigenvalue weighted by atomic mass is 9.74. The van der Waals surface area contributed by atoms with Gasteiger partial charge in [-0.2, -0.15) is 0 Å². The molecule has 9 rings (SSSR count). The molecule has 5 aliphatic heterocycles. The van der Waals surface area contributed by atoms with E-state index in [4.69, 9.17) is 30.1 Å². The number of ether oxygens (including phenoxy) is 3. The van der Waals surface area contributed by atoms with Crippen LogP contribution in [0.2, 0.25) is 0 Å². The molecule has 5 aliphatic rings. The van der Waals surface area contributed by atoms with Crippen molar-refractivity contribution >= 4 is 34.3 Å². The number of hydrogen-bond acceptors (Lipinski definition) is 13. The van der Waals surface area contributed by atoms with Crippen molar-refractivity contribution in [1.82, 2.24) is 9.97 Å². The first-order valence-electron chi connectivity index (χ1n) is 18.2. The fourth-order valence-corrected chi connectivity index (χ4v) is 8.67. The van der Waals surface area contributed by atoms with Crippen LogP contribution in [0, 0.1) is 6.92 Å². The molecule has 2 fully saturated rings. The predicted octanol–water partition coefficient (Wildman–Crippen LogP) is 2.77. The fraction of sp³-hybridized carbons (Fsp3) is 0.375. The number of anilines is 2. The Morgan fingerprint density at radius 1 is 1.06 bits per heavy atom. The van der Waals surface area contributed by atoms with Crippen LogP contribution in [0.1, 0.15) is 61.6 Å². The zero-order valence-corrected chi connectivity index (χ0v) is 30.1. The van der Waals surface area contributed by atoms with Gasteiger partial charge in [0.05, 0.1) is 35.1 Å². The number of fused-ring (bicyclic) bond motifs is 5. The molecule has 1 spiro atoms. The van der Waals surface area contributed by atoms with E-state index >= 15 is 0 Å². The van der Waals surface area contributed by atoms with Gasteiger partial charge in [0.25, 0.3) is 0 Å². The maximum Gasteiger partial charge on any atom is 0.341 e. The number of nitrogens with two attached hydrogens (primary N) is 2. The average Bonchev–Trinajstić information content (AvgIpc) is 3.43. The molecule has 0 saturated carbocycles. The van der Waals surface area contributed by atoms with E-state index in [1.165, 1.54) is 11.0 Å². The number of quaternary nitrogens is 1. The topological polar surface area (TPSA) is 213 Å². The summed E-state index contributed by atoms with van der Waals surface area (Å²) in [6.07, 6.45) is 4.88. The van der Waals surface area contributed by atoms with E-state index in [2.05, 4.69) is 21.2 Å². The number of aliphatic hydroxyl groups is 1. The maximum absolute atomic E-state index is 14.0. The Labute approximate surface area is 309 Å². The van der Waals surface area contributed by atoms with E-state index in [0.717, 1.165) is 34.7 Å². The second kappa shape index (κ2) is 12.2. The zero-order chi connectivity index (χ0) is 37.7. The summed E-state index contributed by atoms with van der Waals surface area (Å²) in [5.41, 5.74) is 15.6. The molecule has 6 unspecified atom stereocenters. The highest BCUT2D eigenvalue weighted by atomic mass is 16.7. The van der Waals surface area contributed by atoms with Gasteiger partial charge in [-0.15, -0.1) is 0 Å². The van der Waals surface area contributed by atoms with Crippen molar-refractivity contribution in [3.8, 4) is 22.8 Å². The van der Waals surface area contributed by atoms with Gasteiger partial charge in [-0.3, -0.25) is 14.7 Å². The number of aliphatic hydroxyl groups excluding tert-OH is 1. The summed E-state index contributed by atoms with van der Waals surface area (Å²) in [5, 5.41) is 23.1. The molecule has 7 N–H and O–H groups in total. The molecular formula is C40H41N6O8+. The van der Waals surface area contributed by atoms with Crippen LogP contribution in [-0.4, -0.2) is 67.9 Å². The zero-order valence-electron chi connectivity index (χ0n) is 30.1. The van der Waals surface area contributed by atoms with Gasteiger partial charge >= 0.3 is 5.97 Å². The number of carbonyl (C=O) groups excluding carboxylic acids is 1. The smallest absolute Gasteiger partial charge is 0.341 e. The summed E-state index contributed by atoms with van der Waals surface area (Å²) >= 11 is 0. The van der Waals surface area contributed by atoms with Crippen molar-refractivity contribution < 1.29 is 38.5 Å². The van der Waals surface area contributed by atoms with Crippen molar-refractivity contribution in [2.75, 3.05) is 18.0 Å². The number of aliphatic imine (C=N–C) groups is 1. The second-order valence-electron chi connectivity index (χ2n) is 15.5. The molecule has 278 valence electrons. The number of aromatic hydroxyl groups is 1. The normalized spacial score (nSPS) is 27.6. The van der Waals surface area contributed by atoms with E-state index in [1.54, 1.807) is 39.0 Å². The van der Waals surface area contributed by atoms with Gasteiger partial charge in [-0.25, -0.2) is 14.8 Å². The highest BCUT2D eigenvalue weighted by Crippen LogP contribution is 2.54. The van der Waals surface area contributed by atoms with Crippen molar-refractivity contribution in [3.63, 3.8) is 0 Å². The third kappa shape index (κ3) is 5.72. The molecule has 3 aromatic heterocycles. The van der Waals surface area contributed by atoms with E-state index in [1.807, 2.05) is 24.4 Å². The Kier molecular flexibility index (Phi) is 7.75. The lowest BCUT2D eigenvalue weighted by Crippen LogP contribution is -3.05. The first-order chi connectivity index (χ1) is 25.8. The minimum absolute atomic E-state index is 0.0201. The van der Waals surface area contributed by atoms with Crippen LogP contribution in [0.15, 0.2) is 74.7 Å². The molecule has 4 aromatic rings. The van der Waals surface area contributed by atoms with Crippen molar-refractivity contribution in [3.05, 3.63) is 93.3 Å². The molecule has 1 aromatic carbocycles. The van der Waals surface area contributed by atoms with Gasteiger partial charge in [0.1, 0.15) is 70.5 Å². The minimum Gasteiger partial charge on any atom is -0.507 e. The number of hydrogen-bond donors (Lipinski definition) is 5. The third-order valence-electron chi connectivity index (χ3n) is 11.2. The molecular weight excluding hydrogens is 692 g/mol. The number of aromatic nitrogens is 2. The number of carbonyl (C=O) groups is 1. The van der Waals surface area contributed by atoms with Gasteiger partial charge in [0, 0.05) is 29.5 Å². The number of nitrogens with one attached hydrogen (secondary N) is 1. The van der Waals surface area contributed by atoms with Crippen LogP contribution in [-0.2, 0) is 27.2 Å². The monoisotopic (exact) mass is 733 g/mol. The summed E-state index contributed by atoms with van der Waals surface area (Å²) in [5.74, 6) is -0.398. The molecule has 8 heterocycles. The van der Waals surface area contributed by atoms with Gasteiger partial charge in [-0.05, 0) is 82.4 Å². The molecule has 14 nitrogen and oxygen atoms in total. The number of allylic oxidation sites excluding steroid dienone is 1. The highest BCUT2D eigenvalue weighted by Gasteiger charge is 2.66. The number of esters is 1. The predicted molar refractivity (Wildman–Crippen MR) is 198 cm³/mol. The molecule has 0 amide bonds. The highest BCUT2D eigenvalue weighted by molar-refractivity contribution is 6.06. The van der Waals surface area contributed by atoms with Crippen molar-refractivity contribution in [2.24, 2.45) is 4.99 Å². The molecule has 14 heteroatoms. The summed E-state index contributed by atoms with van der Waals surface area (Å²) in [6.45, 7) is 6.59. The van der Waals surface area contributed by atoms with Crippen LogP contribution in [0.25, 0.3) is 22.2 Å². The number of phenolic OH excluding ortho intramolecular Hbond substituents is 1. The number of pyridine rings is 2. The standard InChI is InChI=1S/C40H40N6O8/c1-19-10-27(48)33-28(51-19)15-29-35(36(33)49)34-26(47)6-8-40(38(50)52-37(34)39(2,3)53-29)30(54-40)5-4-20-11-24(45-31(41)12-20)22-13-23(44-32(42)14-22)17-46-16-21-7-9-43-25(21)18-46/h7,9-16,26,30,34,37,47,49H,4-6,8,17-18H2,1-3H3,(H2,41,45)(H2,42,44)/p+1. The first kappa shape index (κ1) is 34.2. The van der Waals surface area contributed by atoms with Crippen LogP contribution in [0.3, 0.4) is 0 Å². The lowest BCUT2D eigenvalue weighted by molar-refractivity contribution is -0.848. The third-order valence-corrected chi connectivity index (χ3v) is 11.2. The number of aryl methyl sites for hydroxylation is 2. The maximum atomic E-state index is 14.0. The number of phenols is 1. The molecule has 6 atom stereocenters. The quantitative estimate of drug-likeness (QED) is 0.143. The van der Waals surface area contributed by atoms with E-state index in [-0.39, 0.29) is 40.9 Å². The van der Waals surface area contributed by atoms with Gasteiger partial charge in [0.15, 0.2) is 17.1 Å². The Bertz CT molecular complexity index is 2420. The molecule has 0 radical (unpaired) electrons. The SMILES string of the molecule is Cc1cc(=O)c2c(O)c3c(cc2o1)OC(C)(C)C1OC(=O)C2(CCC(O)C31)OC2CCc1cc(N)nc(-c2cc(N)nc(C[NH+]3C=C4C=CN=C4C3)c2)c1. The van der Waals surface area contributed by atoms with Gasteiger partial charge in [-0.1, -0.05) is 0 Å². The van der Waals surface area contributed by atoms with Crippen LogP contribution < -0.4 is 26.5 Å².